The van der Waals surface area contributed by atoms with Gasteiger partial charge < -0.3 is 9.84 Å². The molecule has 2 heterocycles. The van der Waals surface area contributed by atoms with Crippen LogP contribution in [0.5, 0.6) is 0 Å². The fraction of sp³-hybridized carbons (Fsp3) is 0.545. The molecule has 0 amide bonds. The first kappa shape index (κ1) is 15.9. The molecule has 0 saturated carbocycles. The second-order valence-corrected chi connectivity index (χ2v) is 8.84. The van der Waals surface area contributed by atoms with E-state index in [1.54, 1.807) is 0 Å². The number of halogens is 1. The molecule has 1 aromatic rings. The van der Waals surface area contributed by atoms with Crippen LogP contribution in [-0.2, 0) is 14.8 Å². The minimum Gasteiger partial charge on any atom is -0.477 e. The largest absolute Gasteiger partial charge is 0.477 e. The lowest BCUT2D eigenvalue weighted by Gasteiger charge is -2.25. The number of carboxylic acid groups (broad SMARTS) is 1. The van der Waals surface area contributed by atoms with Gasteiger partial charge in [-0.05, 0) is 35.3 Å². The van der Waals surface area contributed by atoms with Crippen LogP contribution in [0.25, 0.3) is 0 Å². The van der Waals surface area contributed by atoms with E-state index in [-0.39, 0.29) is 21.9 Å². The summed E-state index contributed by atoms with van der Waals surface area (Å²) in [4.78, 5) is 10.9. The summed E-state index contributed by atoms with van der Waals surface area (Å²) in [7, 11) is -2.25. The molecule has 1 aliphatic rings. The summed E-state index contributed by atoms with van der Waals surface area (Å²) in [6.45, 7) is 2.35. The Bertz CT molecular complexity index is 627. The molecule has 0 aliphatic carbocycles. The van der Waals surface area contributed by atoms with Gasteiger partial charge in [-0.3, -0.25) is 0 Å². The second kappa shape index (κ2) is 5.72. The van der Waals surface area contributed by atoms with Crippen LogP contribution in [0.3, 0.4) is 0 Å². The summed E-state index contributed by atoms with van der Waals surface area (Å²) >= 11 is 4.02. The molecule has 0 aromatic carbocycles. The molecule has 1 fully saturated rings. The van der Waals surface area contributed by atoms with Gasteiger partial charge in [0.25, 0.3) is 0 Å². The maximum Gasteiger partial charge on any atom is 0.345 e. The van der Waals surface area contributed by atoms with Crippen molar-refractivity contribution in [2.75, 3.05) is 13.7 Å². The van der Waals surface area contributed by atoms with Crippen molar-refractivity contribution >= 4 is 43.3 Å². The molecule has 20 heavy (non-hydrogen) atoms. The van der Waals surface area contributed by atoms with E-state index >= 15 is 0 Å². The van der Waals surface area contributed by atoms with E-state index in [0.29, 0.717) is 16.8 Å². The molecule has 2 atom stereocenters. The first-order chi connectivity index (χ1) is 9.25. The second-order valence-electron chi connectivity index (χ2n) is 4.51. The van der Waals surface area contributed by atoms with Gasteiger partial charge in [0.1, 0.15) is 9.77 Å². The molecule has 1 saturated heterocycles. The Morgan fingerprint density at radius 3 is 2.70 bits per heavy atom. The number of rotatable bonds is 4. The van der Waals surface area contributed by atoms with Crippen LogP contribution >= 0.6 is 27.3 Å². The molecule has 0 radical (unpaired) electrons. The minimum absolute atomic E-state index is 0.0125. The molecule has 0 spiro atoms. The van der Waals surface area contributed by atoms with E-state index < -0.39 is 16.0 Å². The summed E-state index contributed by atoms with van der Waals surface area (Å²) in [5.41, 5.74) is 0. The van der Waals surface area contributed by atoms with Crippen molar-refractivity contribution in [3.8, 4) is 0 Å². The van der Waals surface area contributed by atoms with E-state index in [9.17, 15) is 13.2 Å². The maximum atomic E-state index is 12.6. The highest BCUT2D eigenvalue weighted by Crippen LogP contribution is 2.35. The molecule has 1 N–H and O–H groups in total. The number of carboxylic acids is 1. The van der Waals surface area contributed by atoms with Crippen LogP contribution in [0, 0.1) is 0 Å². The third kappa shape index (κ3) is 2.77. The van der Waals surface area contributed by atoms with Crippen LogP contribution in [0.1, 0.15) is 23.0 Å². The van der Waals surface area contributed by atoms with Crippen molar-refractivity contribution in [3.63, 3.8) is 0 Å². The lowest BCUT2D eigenvalue weighted by Crippen LogP contribution is -2.40. The highest BCUT2D eigenvalue weighted by molar-refractivity contribution is 9.11. The van der Waals surface area contributed by atoms with E-state index in [4.69, 9.17) is 9.84 Å². The predicted molar refractivity (Wildman–Crippen MR) is 77.7 cm³/mol. The molecular formula is C11H14BrNO5S2. The average Bonchev–Trinajstić information content (AvgIpc) is 2.94. The van der Waals surface area contributed by atoms with Crippen molar-refractivity contribution in [2.45, 2.75) is 30.4 Å². The summed E-state index contributed by atoms with van der Waals surface area (Å²) in [5.74, 6) is -1.14. The van der Waals surface area contributed by atoms with Crippen LogP contribution in [0.2, 0.25) is 0 Å². The SMILES string of the molecule is CC1OCCC1N(C)S(=O)(=O)c1cc(C(=O)O)sc1Br. The smallest absolute Gasteiger partial charge is 0.345 e. The highest BCUT2D eigenvalue weighted by Gasteiger charge is 2.37. The van der Waals surface area contributed by atoms with Gasteiger partial charge in [0.15, 0.2) is 0 Å². The van der Waals surface area contributed by atoms with Crippen LogP contribution in [-0.4, -0.2) is 49.6 Å². The topological polar surface area (TPSA) is 83.9 Å². The lowest BCUT2D eigenvalue weighted by atomic mass is 10.2. The number of nitrogens with zero attached hydrogens (tertiary/aromatic N) is 1. The molecule has 112 valence electrons. The molecule has 2 unspecified atom stereocenters. The molecule has 2 rings (SSSR count). The van der Waals surface area contributed by atoms with Crippen LogP contribution in [0.15, 0.2) is 14.7 Å². The van der Waals surface area contributed by atoms with Gasteiger partial charge in [0.05, 0.1) is 15.9 Å². The van der Waals surface area contributed by atoms with E-state index in [1.807, 2.05) is 6.92 Å². The normalized spacial score (nSPS) is 23.4. The number of ether oxygens (including phenoxy) is 1. The van der Waals surface area contributed by atoms with E-state index in [0.717, 1.165) is 11.3 Å². The Morgan fingerprint density at radius 2 is 2.25 bits per heavy atom. The van der Waals surface area contributed by atoms with Gasteiger partial charge in [-0.2, -0.15) is 4.31 Å². The fourth-order valence-corrected chi connectivity index (χ4v) is 5.96. The Labute approximate surface area is 129 Å². The third-order valence-electron chi connectivity index (χ3n) is 3.33. The van der Waals surface area contributed by atoms with Crippen molar-refractivity contribution in [2.24, 2.45) is 0 Å². The molecule has 9 heteroatoms. The molecule has 0 bridgehead atoms. The van der Waals surface area contributed by atoms with Gasteiger partial charge in [-0.15, -0.1) is 11.3 Å². The molecule has 1 aliphatic heterocycles. The predicted octanol–water partition coefficient (Wildman–Crippen LogP) is 2.01. The zero-order chi connectivity index (χ0) is 15.1. The monoisotopic (exact) mass is 383 g/mol. The third-order valence-corrected chi connectivity index (χ3v) is 7.45. The number of hydrogen-bond donors (Lipinski definition) is 1. The first-order valence-electron chi connectivity index (χ1n) is 5.87. The number of thiophene rings is 1. The van der Waals surface area contributed by atoms with Crippen molar-refractivity contribution in [3.05, 3.63) is 14.7 Å². The molecule has 6 nitrogen and oxygen atoms in total. The van der Waals surface area contributed by atoms with E-state index in [2.05, 4.69) is 15.9 Å². The van der Waals surface area contributed by atoms with Crippen LogP contribution in [0.4, 0.5) is 0 Å². The van der Waals surface area contributed by atoms with Crippen molar-refractivity contribution in [1.82, 2.24) is 4.31 Å². The number of aromatic carboxylic acids is 1. The van der Waals surface area contributed by atoms with Gasteiger partial charge in [-0.25, -0.2) is 13.2 Å². The van der Waals surface area contributed by atoms with Gasteiger partial charge >= 0.3 is 5.97 Å². The Kier molecular flexibility index (Phi) is 4.55. The Balaban J connectivity index is 2.37. The number of likely N-dealkylation sites (N-methyl/N-ethyl adjacent to an activating group) is 1. The molecular weight excluding hydrogens is 370 g/mol. The van der Waals surface area contributed by atoms with Crippen LogP contribution < -0.4 is 0 Å². The van der Waals surface area contributed by atoms with Gasteiger partial charge in [-0.1, -0.05) is 0 Å². The highest BCUT2D eigenvalue weighted by atomic mass is 79.9. The minimum atomic E-state index is -3.75. The quantitative estimate of drug-likeness (QED) is 0.859. The summed E-state index contributed by atoms with van der Waals surface area (Å²) in [6.07, 6.45) is 0.455. The fourth-order valence-electron chi connectivity index (χ4n) is 2.16. The van der Waals surface area contributed by atoms with Crippen molar-refractivity contribution < 1.29 is 23.1 Å². The van der Waals surface area contributed by atoms with Crippen molar-refractivity contribution in [1.29, 1.82) is 0 Å². The number of hydrogen-bond acceptors (Lipinski definition) is 5. The zero-order valence-corrected chi connectivity index (χ0v) is 14.1. The number of carbonyl (C=O) groups is 1. The maximum absolute atomic E-state index is 12.6. The number of sulfonamides is 1. The van der Waals surface area contributed by atoms with Gasteiger partial charge in [0.2, 0.25) is 10.0 Å². The Hall–Kier alpha value is -0.480. The van der Waals surface area contributed by atoms with Gasteiger partial charge in [0, 0.05) is 13.7 Å². The lowest BCUT2D eigenvalue weighted by molar-refractivity contribution is 0.0702. The summed E-state index contributed by atoms with van der Waals surface area (Å²) in [5, 5.41) is 8.94. The average molecular weight is 384 g/mol. The first-order valence-corrected chi connectivity index (χ1v) is 8.92. The summed E-state index contributed by atoms with van der Waals surface area (Å²) in [6, 6.07) is 0.948. The summed E-state index contributed by atoms with van der Waals surface area (Å²) < 4.78 is 32.1. The Morgan fingerprint density at radius 1 is 1.60 bits per heavy atom. The van der Waals surface area contributed by atoms with E-state index in [1.165, 1.54) is 17.4 Å². The standard InChI is InChI=1S/C11H14BrNO5S2/c1-6-7(3-4-18-6)13(2)20(16,17)9-5-8(11(14)15)19-10(9)12/h5-7H,3-4H2,1-2H3,(H,14,15). The zero-order valence-electron chi connectivity index (χ0n) is 10.9. The molecule has 1 aromatic heterocycles.